The van der Waals surface area contributed by atoms with Crippen molar-refractivity contribution in [3.63, 3.8) is 0 Å². The Hall–Kier alpha value is -2.48. The molecule has 1 saturated carbocycles. The topological polar surface area (TPSA) is 64.2 Å². The Morgan fingerprint density at radius 1 is 0.875 bits per heavy atom. The fraction of sp³-hybridized carbons (Fsp3) is 0.625. The number of halogens is 1. The first-order chi connectivity index (χ1) is 15.4. The van der Waals surface area contributed by atoms with Crippen molar-refractivity contribution < 1.29 is 18.8 Å². The van der Waals surface area contributed by atoms with Crippen LogP contribution in [0, 0.1) is 11.7 Å². The minimum Gasteiger partial charge on any atom is -0.339 e. The van der Waals surface area contributed by atoms with Crippen LogP contribution in [0.15, 0.2) is 24.3 Å². The Balaban J connectivity index is 1.40. The average Bonchev–Trinajstić information content (AvgIpc) is 3.33. The summed E-state index contributed by atoms with van der Waals surface area (Å²) in [6, 6.07) is 5.65. The van der Waals surface area contributed by atoms with Gasteiger partial charge in [0.1, 0.15) is 5.82 Å². The van der Waals surface area contributed by atoms with Crippen LogP contribution in [0.25, 0.3) is 0 Å². The molecule has 1 aromatic carbocycles. The van der Waals surface area contributed by atoms with Gasteiger partial charge < -0.3 is 14.7 Å². The number of carbonyl (C=O) groups is 3. The zero-order valence-electron chi connectivity index (χ0n) is 18.8. The van der Waals surface area contributed by atoms with E-state index in [1.807, 2.05) is 4.90 Å². The molecule has 174 valence electrons. The lowest BCUT2D eigenvalue weighted by molar-refractivity contribution is -0.144. The molecule has 7 nitrogen and oxygen atoms in total. The Kier molecular flexibility index (Phi) is 7.08. The summed E-state index contributed by atoms with van der Waals surface area (Å²) in [5.74, 6) is 0.00634. The number of hydrogen-bond acceptors (Lipinski definition) is 4. The van der Waals surface area contributed by atoms with Crippen LogP contribution < -0.4 is 0 Å². The normalized spacial score (nSPS) is 21.6. The van der Waals surface area contributed by atoms with Gasteiger partial charge in [0.25, 0.3) is 5.91 Å². The summed E-state index contributed by atoms with van der Waals surface area (Å²) >= 11 is 0. The molecule has 3 fully saturated rings. The standard InChI is InChI=1S/C24H33FN4O3/c1-18(30)26-9-13-29(14-10-26)24(32)22(19-5-2-3-6-19)27-11-15-28(16-12-27)23(31)20-7-4-8-21(25)17-20/h4,7-8,17,19,22H,2-3,5-6,9-16H2,1H3. The van der Waals surface area contributed by atoms with Gasteiger partial charge >= 0.3 is 0 Å². The number of hydrogen-bond donors (Lipinski definition) is 0. The number of amides is 3. The van der Waals surface area contributed by atoms with Crippen LogP contribution in [0.2, 0.25) is 0 Å². The number of benzene rings is 1. The predicted molar refractivity (Wildman–Crippen MR) is 118 cm³/mol. The zero-order chi connectivity index (χ0) is 22.7. The van der Waals surface area contributed by atoms with E-state index in [-0.39, 0.29) is 23.8 Å². The van der Waals surface area contributed by atoms with Crippen molar-refractivity contribution in [2.45, 2.75) is 38.6 Å². The molecule has 0 aromatic heterocycles. The van der Waals surface area contributed by atoms with E-state index in [0.717, 1.165) is 25.7 Å². The summed E-state index contributed by atoms with van der Waals surface area (Å²) in [7, 11) is 0. The summed E-state index contributed by atoms with van der Waals surface area (Å²) in [5, 5.41) is 0. The van der Waals surface area contributed by atoms with Crippen molar-refractivity contribution in [3.8, 4) is 0 Å². The maximum absolute atomic E-state index is 13.6. The van der Waals surface area contributed by atoms with E-state index >= 15 is 0 Å². The molecule has 2 heterocycles. The highest BCUT2D eigenvalue weighted by Crippen LogP contribution is 2.32. The molecular weight excluding hydrogens is 411 g/mol. The number of carbonyl (C=O) groups excluding carboxylic acids is 3. The third-order valence-corrected chi connectivity index (χ3v) is 7.20. The van der Waals surface area contributed by atoms with E-state index in [1.165, 1.54) is 12.1 Å². The molecule has 1 atom stereocenters. The first kappa shape index (κ1) is 22.7. The van der Waals surface area contributed by atoms with Crippen LogP contribution in [0.4, 0.5) is 4.39 Å². The fourth-order valence-electron chi connectivity index (χ4n) is 5.37. The average molecular weight is 445 g/mol. The minimum atomic E-state index is -0.411. The predicted octanol–water partition coefficient (Wildman–Crippen LogP) is 1.83. The molecule has 2 aliphatic heterocycles. The zero-order valence-corrected chi connectivity index (χ0v) is 18.8. The van der Waals surface area contributed by atoms with Crippen LogP contribution >= 0.6 is 0 Å². The Labute approximate surface area is 189 Å². The molecule has 0 bridgehead atoms. The number of rotatable bonds is 4. The smallest absolute Gasteiger partial charge is 0.254 e. The third kappa shape index (κ3) is 4.95. The summed E-state index contributed by atoms with van der Waals surface area (Å²) in [5.41, 5.74) is 0.366. The minimum absolute atomic E-state index is 0.0588. The van der Waals surface area contributed by atoms with E-state index in [2.05, 4.69) is 4.90 Å². The molecule has 2 saturated heterocycles. The quantitative estimate of drug-likeness (QED) is 0.711. The van der Waals surface area contributed by atoms with E-state index in [0.29, 0.717) is 63.8 Å². The molecule has 1 aliphatic carbocycles. The second-order valence-electron chi connectivity index (χ2n) is 9.16. The highest BCUT2D eigenvalue weighted by atomic mass is 19.1. The highest BCUT2D eigenvalue weighted by molar-refractivity contribution is 5.94. The van der Waals surface area contributed by atoms with Crippen LogP contribution in [0.1, 0.15) is 43.0 Å². The number of piperazine rings is 2. The largest absolute Gasteiger partial charge is 0.339 e. The first-order valence-corrected chi connectivity index (χ1v) is 11.8. The molecule has 0 N–H and O–H groups in total. The molecule has 0 spiro atoms. The van der Waals surface area contributed by atoms with Gasteiger partial charge in [0.2, 0.25) is 11.8 Å². The van der Waals surface area contributed by atoms with E-state index in [4.69, 9.17) is 0 Å². The molecular formula is C24H33FN4O3. The van der Waals surface area contributed by atoms with E-state index < -0.39 is 5.82 Å². The van der Waals surface area contributed by atoms with Gasteiger partial charge in [-0.25, -0.2) is 4.39 Å². The second kappa shape index (κ2) is 9.98. The van der Waals surface area contributed by atoms with Gasteiger partial charge in [-0.1, -0.05) is 18.9 Å². The molecule has 1 unspecified atom stereocenters. The second-order valence-corrected chi connectivity index (χ2v) is 9.16. The Morgan fingerprint density at radius 2 is 1.47 bits per heavy atom. The molecule has 3 aliphatic rings. The van der Waals surface area contributed by atoms with Crippen molar-refractivity contribution in [2.24, 2.45) is 5.92 Å². The van der Waals surface area contributed by atoms with E-state index in [1.54, 1.807) is 28.9 Å². The van der Waals surface area contributed by atoms with Crippen molar-refractivity contribution >= 4 is 17.7 Å². The molecule has 0 radical (unpaired) electrons. The van der Waals surface area contributed by atoms with Gasteiger partial charge in [0.15, 0.2) is 0 Å². The highest BCUT2D eigenvalue weighted by Gasteiger charge is 2.40. The van der Waals surface area contributed by atoms with Gasteiger partial charge in [-0.2, -0.15) is 0 Å². The van der Waals surface area contributed by atoms with Crippen molar-refractivity contribution in [1.82, 2.24) is 19.6 Å². The fourth-order valence-corrected chi connectivity index (χ4v) is 5.37. The maximum atomic E-state index is 13.6. The van der Waals surface area contributed by atoms with Crippen molar-refractivity contribution in [2.75, 3.05) is 52.4 Å². The lowest BCUT2D eigenvalue weighted by Crippen LogP contribution is -2.60. The molecule has 1 aromatic rings. The van der Waals surface area contributed by atoms with Gasteiger partial charge in [-0.05, 0) is 37.0 Å². The SMILES string of the molecule is CC(=O)N1CCN(C(=O)C(C2CCCC2)N2CCN(C(=O)c3cccc(F)c3)CC2)CC1. The monoisotopic (exact) mass is 444 g/mol. The maximum Gasteiger partial charge on any atom is 0.254 e. The number of nitrogens with zero attached hydrogens (tertiary/aromatic N) is 4. The van der Waals surface area contributed by atoms with Gasteiger partial charge in [-0.15, -0.1) is 0 Å². The summed E-state index contributed by atoms with van der Waals surface area (Å²) in [6.07, 6.45) is 4.44. The van der Waals surface area contributed by atoms with Crippen LogP contribution in [0.5, 0.6) is 0 Å². The first-order valence-electron chi connectivity index (χ1n) is 11.8. The Morgan fingerprint density at radius 3 is 2.06 bits per heavy atom. The van der Waals surface area contributed by atoms with Gasteiger partial charge in [0, 0.05) is 64.8 Å². The summed E-state index contributed by atoms with van der Waals surface area (Å²) in [6.45, 7) is 6.27. The molecule has 32 heavy (non-hydrogen) atoms. The van der Waals surface area contributed by atoms with Crippen molar-refractivity contribution in [3.05, 3.63) is 35.6 Å². The summed E-state index contributed by atoms with van der Waals surface area (Å²) in [4.78, 5) is 45.7. The van der Waals surface area contributed by atoms with E-state index in [9.17, 15) is 18.8 Å². The van der Waals surface area contributed by atoms with Crippen LogP contribution in [0.3, 0.4) is 0 Å². The summed E-state index contributed by atoms with van der Waals surface area (Å²) < 4.78 is 13.5. The van der Waals surface area contributed by atoms with Gasteiger partial charge in [0.05, 0.1) is 6.04 Å². The molecule has 4 rings (SSSR count). The lowest BCUT2D eigenvalue weighted by Gasteiger charge is -2.44. The molecule has 8 heteroatoms. The van der Waals surface area contributed by atoms with Crippen LogP contribution in [-0.2, 0) is 9.59 Å². The molecule has 3 amide bonds. The van der Waals surface area contributed by atoms with Gasteiger partial charge in [-0.3, -0.25) is 19.3 Å². The third-order valence-electron chi connectivity index (χ3n) is 7.20. The Bertz CT molecular complexity index is 841. The van der Waals surface area contributed by atoms with Crippen molar-refractivity contribution in [1.29, 1.82) is 0 Å². The lowest BCUT2D eigenvalue weighted by atomic mass is 9.94. The van der Waals surface area contributed by atoms with Crippen LogP contribution in [-0.4, -0.2) is 95.7 Å².